The summed E-state index contributed by atoms with van der Waals surface area (Å²) in [6, 6.07) is 29.2. The molecule has 30 heavy (non-hydrogen) atoms. The Morgan fingerprint density at radius 2 is 1.20 bits per heavy atom. The molecular formula is C27H30O3. The summed E-state index contributed by atoms with van der Waals surface area (Å²) in [6.07, 6.45) is 0.829. The van der Waals surface area contributed by atoms with Gasteiger partial charge in [-0.15, -0.1) is 0 Å². The summed E-state index contributed by atoms with van der Waals surface area (Å²) < 4.78 is 6.57. The highest BCUT2D eigenvalue weighted by Crippen LogP contribution is 2.59. The molecule has 1 aliphatic rings. The van der Waals surface area contributed by atoms with Gasteiger partial charge in [-0.05, 0) is 24.0 Å². The summed E-state index contributed by atoms with van der Waals surface area (Å²) >= 11 is 0. The van der Waals surface area contributed by atoms with Crippen LogP contribution in [0.4, 0.5) is 0 Å². The summed E-state index contributed by atoms with van der Waals surface area (Å²) in [5, 5.41) is 24.5. The van der Waals surface area contributed by atoms with E-state index in [2.05, 4.69) is 6.92 Å². The van der Waals surface area contributed by atoms with Crippen LogP contribution in [0.3, 0.4) is 0 Å². The molecule has 3 aromatic rings. The molecule has 0 aromatic heterocycles. The molecule has 4 rings (SSSR count). The Hall–Kier alpha value is -2.46. The molecule has 0 amide bonds. The Bertz CT molecular complexity index is 944. The van der Waals surface area contributed by atoms with E-state index in [1.54, 1.807) is 0 Å². The number of rotatable bonds is 5. The van der Waals surface area contributed by atoms with Crippen molar-refractivity contribution in [2.45, 2.75) is 44.2 Å². The number of ether oxygens (including phenoxy) is 1. The first kappa shape index (κ1) is 20.8. The van der Waals surface area contributed by atoms with Crippen LogP contribution in [0.2, 0.25) is 0 Å². The second kappa shape index (κ2) is 8.35. The van der Waals surface area contributed by atoms with Gasteiger partial charge in [0.15, 0.2) is 5.79 Å². The normalized spacial score (nSPS) is 31.4. The lowest BCUT2D eigenvalue weighted by atomic mass is 9.61. The molecule has 1 saturated heterocycles. The highest BCUT2D eigenvalue weighted by Gasteiger charge is 2.61. The van der Waals surface area contributed by atoms with Crippen LogP contribution in [0.25, 0.3) is 0 Å². The van der Waals surface area contributed by atoms with Crippen LogP contribution in [-0.4, -0.2) is 10.2 Å². The summed E-state index contributed by atoms with van der Waals surface area (Å²) in [5.74, 6) is -2.36. The van der Waals surface area contributed by atoms with Gasteiger partial charge in [0.2, 0.25) is 0 Å². The maximum atomic E-state index is 12.5. The fraction of sp³-hybridized carbons (Fsp3) is 0.333. The van der Waals surface area contributed by atoms with Crippen molar-refractivity contribution in [3.63, 3.8) is 0 Å². The van der Waals surface area contributed by atoms with Crippen LogP contribution in [0, 0.1) is 11.8 Å². The van der Waals surface area contributed by atoms with E-state index in [1.165, 1.54) is 0 Å². The molecule has 1 fully saturated rings. The maximum Gasteiger partial charge on any atom is 0.199 e. The molecule has 0 saturated carbocycles. The molecule has 5 atom stereocenters. The van der Waals surface area contributed by atoms with Crippen LogP contribution in [-0.2, 0) is 16.1 Å². The van der Waals surface area contributed by atoms with Gasteiger partial charge in [-0.3, -0.25) is 0 Å². The molecule has 0 aliphatic carbocycles. The largest absolute Gasteiger partial charge is 0.384 e. The SMILES string of the molecule is CC[C@@H]1[C@@H](c2ccccc2)O[C@](O)(c2ccccc2)[C@H](CC)[C@]1(O)c1ccccc1. The van der Waals surface area contributed by atoms with Gasteiger partial charge >= 0.3 is 0 Å². The maximum absolute atomic E-state index is 12.5. The van der Waals surface area contributed by atoms with E-state index in [-0.39, 0.29) is 5.92 Å². The smallest absolute Gasteiger partial charge is 0.199 e. The van der Waals surface area contributed by atoms with Crippen LogP contribution < -0.4 is 0 Å². The lowest BCUT2D eigenvalue weighted by Crippen LogP contribution is -2.59. The zero-order chi connectivity index (χ0) is 21.2. The van der Waals surface area contributed by atoms with Crippen molar-refractivity contribution < 1.29 is 14.9 Å². The molecule has 3 aromatic carbocycles. The van der Waals surface area contributed by atoms with E-state index >= 15 is 0 Å². The van der Waals surface area contributed by atoms with E-state index in [0.29, 0.717) is 18.4 Å². The molecule has 0 radical (unpaired) electrons. The molecule has 0 spiro atoms. The Kier molecular flexibility index (Phi) is 5.79. The summed E-state index contributed by atoms with van der Waals surface area (Å²) in [7, 11) is 0. The molecule has 156 valence electrons. The van der Waals surface area contributed by atoms with Crippen molar-refractivity contribution in [1.82, 2.24) is 0 Å². The first-order chi connectivity index (χ1) is 14.6. The average molecular weight is 403 g/mol. The Morgan fingerprint density at radius 3 is 1.70 bits per heavy atom. The zero-order valence-electron chi connectivity index (χ0n) is 17.6. The Labute approximate surface area is 179 Å². The number of aliphatic hydroxyl groups is 2. The van der Waals surface area contributed by atoms with Gasteiger partial charge in [0.25, 0.3) is 0 Å². The van der Waals surface area contributed by atoms with Crippen molar-refractivity contribution in [1.29, 1.82) is 0 Å². The summed E-state index contributed by atoms with van der Waals surface area (Å²) in [4.78, 5) is 0. The third-order valence-corrected chi connectivity index (χ3v) is 6.64. The van der Waals surface area contributed by atoms with Crippen LogP contribution in [0.15, 0.2) is 91.0 Å². The van der Waals surface area contributed by atoms with Crippen molar-refractivity contribution in [3.8, 4) is 0 Å². The molecule has 3 nitrogen and oxygen atoms in total. The lowest BCUT2D eigenvalue weighted by molar-refractivity contribution is -0.366. The highest BCUT2D eigenvalue weighted by molar-refractivity contribution is 5.33. The molecular weight excluding hydrogens is 372 g/mol. The minimum Gasteiger partial charge on any atom is -0.384 e. The van der Waals surface area contributed by atoms with Gasteiger partial charge in [0.1, 0.15) is 5.60 Å². The molecule has 1 heterocycles. The fourth-order valence-electron chi connectivity index (χ4n) is 5.27. The lowest BCUT2D eigenvalue weighted by Gasteiger charge is -2.56. The molecule has 2 N–H and O–H groups in total. The second-order valence-electron chi connectivity index (χ2n) is 8.18. The number of benzene rings is 3. The zero-order valence-corrected chi connectivity index (χ0v) is 17.6. The van der Waals surface area contributed by atoms with Gasteiger partial charge in [-0.1, -0.05) is 105 Å². The molecule has 0 unspecified atom stereocenters. The monoisotopic (exact) mass is 402 g/mol. The van der Waals surface area contributed by atoms with E-state index in [1.807, 2.05) is 97.9 Å². The van der Waals surface area contributed by atoms with Crippen molar-refractivity contribution in [3.05, 3.63) is 108 Å². The second-order valence-corrected chi connectivity index (χ2v) is 8.18. The molecule has 0 bridgehead atoms. The standard InChI is InChI=1S/C27H30O3/c1-3-23-25(20-14-8-5-9-15-20)30-27(29,22-18-12-7-13-19-22)24(4-2)26(23,28)21-16-10-6-11-17-21/h5-19,23-25,28-29H,3-4H2,1-2H3/t23-,24-,25-,26+,27-/m1/s1. The van der Waals surface area contributed by atoms with Gasteiger partial charge < -0.3 is 14.9 Å². The molecule has 3 heteroatoms. The Balaban J connectivity index is 1.96. The van der Waals surface area contributed by atoms with Crippen LogP contribution in [0.1, 0.15) is 49.5 Å². The quantitative estimate of drug-likeness (QED) is 0.589. The Morgan fingerprint density at radius 1 is 0.700 bits per heavy atom. The first-order valence-corrected chi connectivity index (χ1v) is 10.8. The fourth-order valence-corrected chi connectivity index (χ4v) is 5.27. The highest BCUT2D eigenvalue weighted by atomic mass is 16.6. The molecule has 1 aliphatic heterocycles. The summed E-state index contributed by atoms with van der Waals surface area (Å²) in [6.45, 7) is 4.09. The van der Waals surface area contributed by atoms with Gasteiger partial charge in [0, 0.05) is 11.5 Å². The van der Waals surface area contributed by atoms with E-state index in [4.69, 9.17) is 4.74 Å². The van der Waals surface area contributed by atoms with Crippen molar-refractivity contribution in [2.75, 3.05) is 0 Å². The summed E-state index contributed by atoms with van der Waals surface area (Å²) in [5.41, 5.74) is 1.19. The van der Waals surface area contributed by atoms with Gasteiger partial charge in [-0.25, -0.2) is 0 Å². The van der Waals surface area contributed by atoms with Crippen LogP contribution >= 0.6 is 0 Å². The van der Waals surface area contributed by atoms with E-state index in [9.17, 15) is 10.2 Å². The first-order valence-electron chi connectivity index (χ1n) is 10.8. The minimum absolute atomic E-state index is 0.212. The predicted molar refractivity (Wildman–Crippen MR) is 119 cm³/mol. The third-order valence-electron chi connectivity index (χ3n) is 6.64. The number of hydrogen-bond donors (Lipinski definition) is 2. The van der Waals surface area contributed by atoms with Crippen molar-refractivity contribution in [2.24, 2.45) is 11.8 Å². The third kappa shape index (κ3) is 3.27. The minimum atomic E-state index is -1.62. The number of hydrogen-bond acceptors (Lipinski definition) is 3. The van der Waals surface area contributed by atoms with E-state index in [0.717, 1.165) is 11.1 Å². The van der Waals surface area contributed by atoms with E-state index < -0.39 is 23.4 Å². The average Bonchev–Trinajstić information content (AvgIpc) is 2.80. The van der Waals surface area contributed by atoms with Crippen LogP contribution in [0.5, 0.6) is 0 Å². The van der Waals surface area contributed by atoms with Gasteiger partial charge in [0.05, 0.1) is 12.0 Å². The van der Waals surface area contributed by atoms with Gasteiger partial charge in [-0.2, -0.15) is 0 Å². The predicted octanol–water partition coefficient (Wildman–Crippen LogP) is 5.54. The topological polar surface area (TPSA) is 49.7 Å². The van der Waals surface area contributed by atoms with Crippen molar-refractivity contribution >= 4 is 0 Å².